The molecule has 25 heavy (non-hydrogen) atoms. The van der Waals surface area contributed by atoms with Crippen molar-refractivity contribution in [2.45, 2.75) is 38.5 Å². The van der Waals surface area contributed by atoms with Crippen molar-refractivity contribution >= 4 is 29.1 Å². The number of ether oxygens (including phenoxy) is 1. The third-order valence-corrected chi connectivity index (χ3v) is 6.36. The average molecular weight is 363 g/mol. The number of carbonyl (C=O) groups excluding carboxylic acids is 2. The van der Waals surface area contributed by atoms with E-state index in [4.69, 9.17) is 16.3 Å². The first kappa shape index (κ1) is 16.7. The van der Waals surface area contributed by atoms with Gasteiger partial charge < -0.3 is 15.0 Å². The normalized spacial score (nSPS) is 22.4. The molecule has 2 aliphatic carbocycles. The largest absolute Gasteiger partial charge is 0.495 e. The van der Waals surface area contributed by atoms with Crippen LogP contribution in [0.3, 0.4) is 0 Å². The standard InChI is InChI=1S/C19H23ClN2O3/c1-25-15-5-4-13(12-14(15)20)21-16(23)18(6-7-18)19(8-9-19)17(24)22-10-2-3-11-22/h4-5,12H,2-3,6-11H2,1H3,(H,21,23). The molecule has 0 bridgehead atoms. The maximum absolute atomic E-state index is 13.0. The third-order valence-electron chi connectivity index (χ3n) is 6.06. The van der Waals surface area contributed by atoms with Gasteiger partial charge in [-0.1, -0.05) is 11.6 Å². The van der Waals surface area contributed by atoms with Gasteiger partial charge in [0.25, 0.3) is 0 Å². The van der Waals surface area contributed by atoms with Gasteiger partial charge >= 0.3 is 0 Å². The number of nitrogens with one attached hydrogen (secondary N) is 1. The number of carbonyl (C=O) groups is 2. The number of likely N-dealkylation sites (tertiary alicyclic amines) is 1. The topological polar surface area (TPSA) is 58.6 Å². The zero-order valence-corrected chi connectivity index (χ0v) is 15.2. The summed E-state index contributed by atoms with van der Waals surface area (Å²) < 4.78 is 5.14. The van der Waals surface area contributed by atoms with E-state index in [1.54, 1.807) is 25.3 Å². The van der Waals surface area contributed by atoms with Crippen LogP contribution in [0.25, 0.3) is 0 Å². The number of hydrogen-bond donors (Lipinski definition) is 1. The molecular formula is C19H23ClN2O3. The smallest absolute Gasteiger partial charge is 0.231 e. The molecule has 1 heterocycles. The Balaban J connectivity index is 1.51. The Kier molecular flexibility index (Phi) is 3.95. The van der Waals surface area contributed by atoms with Gasteiger partial charge in [-0.25, -0.2) is 0 Å². The van der Waals surface area contributed by atoms with Crippen LogP contribution < -0.4 is 10.1 Å². The van der Waals surface area contributed by atoms with Crippen molar-refractivity contribution in [1.82, 2.24) is 4.90 Å². The van der Waals surface area contributed by atoms with Crippen LogP contribution in [0.4, 0.5) is 5.69 Å². The van der Waals surface area contributed by atoms with Crippen LogP contribution in [0.1, 0.15) is 38.5 Å². The molecule has 2 amide bonds. The molecule has 3 fully saturated rings. The lowest BCUT2D eigenvalue weighted by Crippen LogP contribution is -2.44. The molecule has 3 aliphatic rings. The van der Waals surface area contributed by atoms with Gasteiger partial charge in [-0.2, -0.15) is 0 Å². The second-order valence-corrected chi connectivity index (χ2v) is 7.87. The Morgan fingerprint density at radius 2 is 1.76 bits per heavy atom. The monoisotopic (exact) mass is 362 g/mol. The van der Waals surface area contributed by atoms with Crippen LogP contribution in [-0.2, 0) is 9.59 Å². The molecule has 134 valence electrons. The van der Waals surface area contributed by atoms with Crippen LogP contribution in [-0.4, -0.2) is 36.9 Å². The van der Waals surface area contributed by atoms with Crippen molar-refractivity contribution in [3.05, 3.63) is 23.2 Å². The molecule has 0 spiro atoms. The second kappa shape index (κ2) is 5.90. The third kappa shape index (κ3) is 2.60. The zero-order chi connectivity index (χ0) is 17.7. The summed E-state index contributed by atoms with van der Waals surface area (Å²) in [6.45, 7) is 1.68. The first-order chi connectivity index (χ1) is 12.0. The number of amides is 2. The summed E-state index contributed by atoms with van der Waals surface area (Å²) in [7, 11) is 1.56. The van der Waals surface area contributed by atoms with Gasteiger partial charge in [-0.3, -0.25) is 9.59 Å². The summed E-state index contributed by atoms with van der Waals surface area (Å²) in [5, 5.41) is 3.44. The van der Waals surface area contributed by atoms with Gasteiger partial charge in [0, 0.05) is 18.8 Å². The lowest BCUT2D eigenvalue weighted by Gasteiger charge is -2.29. The minimum atomic E-state index is -0.529. The number of halogens is 1. The summed E-state index contributed by atoms with van der Waals surface area (Å²) in [4.78, 5) is 28.0. The highest BCUT2D eigenvalue weighted by Gasteiger charge is 2.73. The first-order valence-electron chi connectivity index (χ1n) is 8.97. The summed E-state index contributed by atoms with van der Waals surface area (Å²) in [5.41, 5.74) is -0.344. The molecule has 1 aromatic rings. The van der Waals surface area contributed by atoms with E-state index in [1.807, 2.05) is 4.90 Å². The van der Waals surface area contributed by atoms with E-state index in [0.717, 1.165) is 51.6 Å². The van der Waals surface area contributed by atoms with E-state index in [9.17, 15) is 9.59 Å². The fraction of sp³-hybridized carbons (Fsp3) is 0.579. The molecule has 6 heteroatoms. The molecule has 0 aromatic heterocycles. The predicted octanol–water partition coefficient (Wildman–Crippen LogP) is 3.47. The highest BCUT2D eigenvalue weighted by molar-refractivity contribution is 6.32. The Bertz CT molecular complexity index is 719. The Hall–Kier alpha value is -1.75. The van der Waals surface area contributed by atoms with Gasteiger partial charge in [-0.15, -0.1) is 0 Å². The van der Waals surface area contributed by atoms with E-state index in [1.165, 1.54) is 0 Å². The molecule has 0 atom stereocenters. The predicted molar refractivity (Wildman–Crippen MR) is 95.8 cm³/mol. The lowest BCUT2D eigenvalue weighted by molar-refractivity contribution is -0.143. The van der Waals surface area contributed by atoms with Crippen LogP contribution >= 0.6 is 11.6 Å². The molecule has 1 aromatic carbocycles. The molecule has 1 aliphatic heterocycles. The second-order valence-electron chi connectivity index (χ2n) is 7.47. The van der Waals surface area contributed by atoms with Gasteiger partial charge in [0.2, 0.25) is 11.8 Å². The van der Waals surface area contributed by atoms with Crippen LogP contribution in [0.15, 0.2) is 18.2 Å². The average Bonchev–Trinajstić information content (AvgIpc) is 3.51. The summed E-state index contributed by atoms with van der Waals surface area (Å²) in [5.74, 6) is 0.730. The zero-order valence-electron chi connectivity index (χ0n) is 14.4. The molecule has 1 saturated heterocycles. The van der Waals surface area contributed by atoms with Gasteiger partial charge in [0.1, 0.15) is 5.75 Å². The number of anilines is 1. The van der Waals surface area contributed by atoms with Crippen LogP contribution in [0.5, 0.6) is 5.75 Å². The van der Waals surface area contributed by atoms with Gasteiger partial charge in [-0.05, 0) is 56.7 Å². The van der Waals surface area contributed by atoms with Gasteiger partial charge in [0.05, 0.1) is 23.0 Å². The summed E-state index contributed by atoms with van der Waals surface area (Å²) in [6, 6.07) is 5.20. The van der Waals surface area contributed by atoms with Crippen molar-refractivity contribution < 1.29 is 14.3 Å². The fourth-order valence-electron chi connectivity index (χ4n) is 4.29. The van der Waals surface area contributed by atoms with E-state index < -0.39 is 10.8 Å². The summed E-state index contributed by atoms with van der Waals surface area (Å²) >= 11 is 6.14. The quantitative estimate of drug-likeness (QED) is 0.872. The Morgan fingerprint density at radius 3 is 2.28 bits per heavy atom. The summed E-state index contributed by atoms with van der Waals surface area (Å²) in [6.07, 6.45) is 5.40. The van der Waals surface area contributed by atoms with Crippen molar-refractivity contribution in [2.24, 2.45) is 10.8 Å². The molecule has 0 radical (unpaired) electrons. The number of methoxy groups -OCH3 is 1. The van der Waals surface area contributed by atoms with E-state index in [2.05, 4.69) is 5.32 Å². The number of nitrogens with zero attached hydrogens (tertiary/aromatic N) is 1. The minimum absolute atomic E-state index is 0.0428. The van der Waals surface area contributed by atoms with Crippen molar-refractivity contribution in [2.75, 3.05) is 25.5 Å². The maximum Gasteiger partial charge on any atom is 0.231 e. The van der Waals surface area contributed by atoms with E-state index >= 15 is 0 Å². The number of rotatable bonds is 5. The fourth-order valence-corrected chi connectivity index (χ4v) is 4.55. The Labute approximate surface area is 152 Å². The number of benzene rings is 1. The lowest BCUT2D eigenvalue weighted by atomic mass is 9.83. The minimum Gasteiger partial charge on any atom is -0.495 e. The Morgan fingerprint density at radius 1 is 1.12 bits per heavy atom. The van der Waals surface area contributed by atoms with Gasteiger partial charge in [0.15, 0.2) is 0 Å². The maximum atomic E-state index is 13.0. The molecule has 1 N–H and O–H groups in total. The molecule has 4 rings (SSSR count). The molecule has 0 unspecified atom stereocenters. The first-order valence-corrected chi connectivity index (χ1v) is 9.35. The highest BCUT2D eigenvalue weighted by Crippen LogP contribution is 2.71. The number of hydrogen-bond acceptors (Lipinski definition) is 3. The van der Waals surface area contributed by atoms with Crippen molar-refractivity contribution in [1.29, 1.82) is 0 Å². The molecule has 2 saturated carbocycles. The molecule has 5 nitrogen and oxygen atoms in total. The van der Waals surface area contributed by atoms with Crippen LogP contribution in [0.2, 0.25) is 5.02 Å². The van der Waals surface area contributed by atoms with E-state index in [-0.39, 0.29) is 11.8 Å². The SMILES string of the molecule is COc1ccc(NC(=O)C2(C3(C(=O)N4CCCC4)CC3)CC2)cc1Cl. The van der Waals surface area contributed by atoms with Crippen molar-refractivity contribution in [3.8, 4) is 5.75 Å². The molecular weight excluding hydrogens is 340 g/mol. The van der Waals surface area contributed by atoms with Crippen molar-refractivity contribution in [3.63, 3.8) is 0 Å². The van der Waals surface area contributed by atoms with Crippen LogP contribution in [0, 0.1) is 10.8 Å². The highest BCUT2D eigenvalue weighted by atomic mass is 35.5. The van der Waals surface area contributed by atoms with E-state index in [0.29, 0.717) is 16.5 Å².